The zero-order chi connectivity index (χ0) is 7.47. The van der Waals surface area contributed by atoms with Gasteiger partial charge in [-0.3, -0.25) is 0 Å². The van der Waals surface area contributed by atoms with Crippen molar-refractivity contribution < 1.29 is 9.84 Å². The third kappa shape index (κ3) is 0.477. The van der Waals surface area contributed by atoms with E-state index in [1.165, 1.54) is 0 Å². The number of benzene rings is 1. The van der Waals surface area contributed by atoms with Gasteiger partial charge in [0.15, 0.2) is 5.76 Å². The average Bonchev–Trinajstić information content (AvgIpc) is 2.57. The Balaban J connectivity index is 2.33. The zero-order valence-corrected chi connectivity index (χ0v) is 5.74. The van der Waals surface area contributed by atoms with Gasteiger partial charge in [-0.2, -0.15) is 0 Å². The number of epoxide rings is 1. The Morgan fingerprint density at radius 2 is 2.09 bits per heavy atom. The molecule has 0 amide bonds. The molecule has 0 aromatic heterocycles. The highest BCUT2D eigenvalue weighted by molar-refractivity contribution is 5.69. The van der Waals surface area contributed by atoms with Gasteiger partial charge in [-0.25, -0.2) is 0 Å². The second kappa shape index (κ2) is 1.34. The molecule has 1 aliphatic heterocycles. The molecule has 0 saturated carbocycles. The summed E-state index contributed by atoms with van der Waals surface area (Å²) in [7, 11) is 0. The van der Waals surface area contributed by atoms with E-state index in [9.17, 15) is 5.11 Å². The molecule has 1 aromatic carbocycles. The van der Waals surface area contributed by atoms with E-state index >= 15 is 0 Å². The van der Waals surface area contributed by atoms with Crippen molar-refractivity contribution in [3.63, 3.8) is 0 Å². The lowest BCUT2D eigenvalue weighted by Gasteiger charge is -2.02. The van der Waals surface area contributed by atoms with Crippen molar-refractivity contribution in [2.45, 2.75) is 5.79 Å². The van der Waals surface area contributed by atoms with Crippen LogP contribution >= 0.6 is 0 Å². The van der Waals surface area contributed by atoms with Gasteiger partial charge < -0.3 is 9.84 Å². The maximum absolute atomic E-state index is 9.63. The quantitative estimate of drug-likeness (QED) is 0.558. The van der Waals surface area contributed by atoms with E-state index in [1.807, 2.05) is 30.3 Å². The smallest absolute Gasteiger partial charge is 0.294 e. The standard InChI is InChI=1S/C9H6O2/c10-9-7-4-2-1-3-6(7)5-8(9)11-9/h1-5,10H. The fraction of sp³-hybridized carbons (Fsp3) is 0.111. The second-order valence-corrected chi connectivity index (χ2v) is 2.84. The molecule has 1 atom stereocenters. The van der Waals surface area contributed by atoms with Gasteiger partial charge >= 0.3 is 0 Å². The lowest BCUT2D eigenvalue weighted by atomic mass is 10.1. The predicted octanol–water partition coefficient (Wildman–Crippen LogP) is 1.22. The number of ether oxygens (including phenoxy) is 1. The lowest BCUT2D eigenvalue weighted by molar-refractivity contribution is 0.0335. The maximum atomic E-state index is 9.63. The molecule has 1 saturated heterocycles. The van der Waals surface area contributed by atoms with E-state index in [0.717, 1.165) is 11.1 Å². The molecule has 0 radical (unpaired) electrons. The first-order chi connectivity index (χ1) is 5.31. The third-order valence-corrected chi connectivity index (χ3v) is 2.16. The SMILES string of the molecule is OC12OC1=Cc1ccccc12. The van der Waals surface area contributed by atoms with Crippen molar-refractivity contribution in [2.75, 3.05) is 0 Å². The van der Waals surface area contributed by atoms with Gasteiger partial charge in [-0.15, -0.1) is 0 Å². The minimum atomic E-state index is -1.05. The molecule has 54 valence electrons. The zero-order valence-electron chi connectivity index (χ0n) is 5.74. The Kier molecular flexibility index (Phi) is 0.654. The van der Waals surface area contributed by atoms with E-state index in [1.54, 1.807) is 0 Å². The number of hydrogen-bond donors (Lipinski definition) is 1. The normalized spacial score (nSPS) is 30.1. The molecule has 1 N–H and O–H groups in total. The van der Waals surface area contributed by atoms with Crippen LogP contribution in [0.15, 0.2) is 30.0 Å². The van der Waals surface area contributed by atoms with E-state index < -0.39 is 5.79 Å². The number of hydrogen-bond acceptors (Lipinski definition) is 2. The van der Waals surface area contributed by atoms with Gasteiger partial charge in [0.25, 0.3) is 5.79 Å². The summed E-state index contributed by atoms with van der Waals surface area (Å²) in [5.41, 5.74) is 1.94. The van der Waals surface area contributed by atoms with Crippen molar-refractivity contribution in [1.29, 1.82) is 0 Å². The van der Waals surface area contributed by atoms with Gasteiger partial charge in [0, 0.05) is 5.56 Å². The van der Waals surface area contributed by atoms with Crippen LogP contribution in [0.4, 0.5) is 0 Å². The van der Waals surface area contributed by atoms with E-state index in [0.29, 0.717) is 5.76 Å². The Hall–Kier alpha value is -1.28. The molecule has 1 aromatic rings. The summed E-state index contributed by atoms with van der Waals surface area (Å²) in [4.78, 5) is 0. The van der Waals surface area contributed by atoms with Crippen LogP contribution in [0.5, 0.6) is 0 Å². The van der Waals surface area contributed by atoms with Crippen LogP contribution in [0.1, 0.15) is 11.1 Å². The average molecular weight is 146 g/mol. The Bertz CT molecular complexity index is 368. The monoisotopic (exact) mass is 146 g/mol. The van der Waals surface area contributed by atoms with E-state index in [-0.39, 0.29) is 0 Å². The fourth-order valence-corrected chi connectivity index (χ4v) is 1.52. The van der Waals surface area contributed by atoms with Crippen molar-refractivity contribution in [3.8, 4) is 0 Å². The van der Waals surface area contributed by atoms with Crippen LogP contribution in [0.2, 0.25) is 0 Å². The molecular formula is C9H6O2. The fourth-order valence-electron chi connectivity index (χ4n) is 1.52. The third-order valence-electron chi connectivity index (χ3n) is 2.16. The number of fused-ring (bicyclic) bond motifs is 3. The first-order valence-electron chi connectivity index (χ1n) is 3.54. The van der Waals surface area contributed by atoms with Gasteiger partial charge in [-0.1, -0.05) is 24.3 Å². The van der Waals surface area contributed by atoms with E-state index in [4.69, 9.17) is 4.74 Å². The largest absolute Gasteiger partial charge is 0.448 e. The maximum Gasteiger partial charge on any atom is 0.294 e. The summed E-state index contributed by atoms with van der Waals surface area (Å²) < 4.78 is 4.98. The first-order valence-corrected chi connectivity index (χ1v) is 3.54. The van der Waals surface area contributed by atoms with Crippen LogP contribution in [0.25, 0.3) is 6.08 Å². The molecule has 1 heterocycles. The first kappa shape index (κ1) is 5.38. The Morgan fingerprint density at radius 1 is 1.27 bits per heavy atom. The molecule has 1 fully saturated rings. The van der Waals surface area contributed by atoms with Gasteiger partial charge in [0.1, 0.15) is 0 Å². The van der Waals surface area contributed by atoms with Gasteiger partial charge in [-0.05, 0) is 11.6 Å². The van der Waals surface area contributed by atoms with Crippen molar-refractivity contribution in [1.82, 2.24) is 0 Å². The highest BCUT2D eigenvalue weighted by atomic mass is 16.7. The molecular weight excluding hydrogens is 140 g/mol. The molecule has 2 heteroatoms. The molecule has 2 nitrogen and oxygen atoms in total. The van der Waals surface area contributed by atoms with Gasteiger partial charge in [0.2, 0.25) is 0 Å². The summed E-state index contributed by atoms with van der Waals surface area (Å²) >= 11 is 0. The molecule has 0 bridgehead atoms. The molecule has 11 heavy (non-hydrogen) atoms. The number of rotatable bonds is 0. The Labute approximate surface area is 63.7 Å². The van der Waals surface area contributed by atoms with Crippen LogP contribution < -0.4 is 0 Å². The van der Waals surface area contributed by atoms with Gasteiger partial charge in [0.05, 0.1) is 0 Å². The molecule has 0 spiro atoms. The van der Waals surface area contributed by atoms with Crippen molar-refractivity contribution >= 4 is 6.08 Å². The van der Waals surface area contributed by atoms with E-state index in [2.05, 4.69) is 0 Å². The molecule has 3 rings (SSSR count). The molecule has 1 unspecified atom stereocenters. The highest BCUT2D eigenvalue weighted by Gasteiger charge is 2.57. The summed E-state index contributed by atoms with van der Waals surface area (Å²) in [5.74, 6) is -0.366. The summed E-state index contributed by atoms with van der Waals surface area (Å²) in [5, 5.41) is 9.63. The van der Waals surface area contributed by atoms with Crippen LogP contribution in [0.3, 0.4) is 0 Å². The second-order valence-electron chi connectivity index (χ2n) is 2.84. The molecule has 2 aliphatic rings. The summed E-state index contributed by atoms with van der Waals surface area (Å²) in [6, 6.07) is 7.70. The van der Waals surface area contributed by atoms with Crippen molar-refractivity contribution in [3.05, 3.63) is 41.2 Å². The summed E-state index contributed by atoms with van der Waals surface area (Å²) in [6.45, 7) is 0. The predicted molar refractivity (Wildman–Crippen MR) is 39.4 cm³/mol. The molecule has 1 aliphatic carbocycles. The topological polar surface area (TPSA) is 32.8 Å². The highest BCUT2D eigenvalue weighted by Crippen LogP contribution is 2.54. The summed E-state index contributed by atoms with van der Waals surface area (Å²) in [6.07, 6.45) is 1.87. The number of aliphatic hydroxyl groups is 1. The van der Waals surface area contributed by atoms with Crippen LogP contribution in [0, 0.1) is 0 Å². The Morgan fingerprint density at radius 3 is 2.91 bits per heavy atom. The van der Waals surface area contributed by atoms with Crippen LogP contribution in [-0.4, -0.2) is 5.11 Å². The minimum Gasteiger partial charge on any atom is -0.448 e. The minimum absolute atomic E-state index is 0.679. The lowest BCUT2D eigenvalue weighted by Crippen LogP contribution is -2.04. The van der Waals surface area contributed by atoms with Crippen molar-refractivity contribution in [2.24, 2.45) is 0 Å². The van der Waals surface area contributed by atoms with Crippen LogP contribution in [-0.2, 0) is 10.5 Å².